The van der Waals surface area contributed by atoms with E-state index in [4.69, 9.17) is 29.6 Å². The highest BCUT2D eigenvalue weighted by Crippen LogP contribution is 2.24. The molecule has 0 aliphatic rings. The van der Waals surface area contributed by atoms with E-state index >= 15 is 0 Å². The molecule has 0 heterocycles. The van der Waals surface area contributed by atoms with Crippen LogP contribution >= 0.6 is 39.7 Å². The van der Waals surface area contributed by atoms with Gasteiger partial charge in [0.05, 0.1) is 10.6 Å². The van der Waals surface area contributed by atoms with Crippen molar-refractivity contribution in [3.63, 3.8) is 0 Å². The zero-order chi connectivity index (χ0) is 15.6. The molecule has 0 radical (unpaired) electrons. The second-order valence-electron chi connectivity index (χ2n) is 4.11. The van der Waals surface area contributed by atoms with Crippen LogP contribution in [0.15, 0.2) is 51.8 Å². The Morgan fingerprint density at radius 2 is 1.81 bits per heavy atom. The largest absolute Gasteiger partial charge is 0.389 e. The van der Waals surface area contributed by atoms with Crippen LogP contribution in [0.3, 0.4) is 0 Å². The van der Waals surface area contributed by atoms with Crippen molar-refractivity contribution in [2.75, 3.05) is 4.72 Å². The zero-order valence-electron chi connectivity index (χ0n) is 10.5. The van der Waals surface area contributed by atoms with E-state index in [0.717, 1.165) is 4.47 Å². The van der Waals surface area contributed by atoms with Crippen LogP contribution in [0, 0.1) is 0 Å². The molecule has 0 spiro atoms. The lowest BCUT2D eigenvalue weighted by molar-refractivity contribution is 0.601. The monoisotopic (exact) mass is 404 g/mol. The quantitative estimate of drug-likeness (QED) is 0.763. The van der Waals surface area contributed by atoms with E-state index in [0.29, 0.717) is 10.6 Å². The molecular formula is C13H10BrClN2O2S2. The molecule has 2 aromatic rings. The molecule has 0 unspecified atom stereocenters. The third-order valence-electron chi connectivity index (χ3n) is 2.62. The van der Waals surface area contributed by atoms with Crippen LogP contribution in [0.4, 0.5) is 5.69 Å². The van der Waals surface area contributed by atoms with Gasteiger partial charge < -0.3 is 5.73 Å². The molecule has 8 heteroatoms. The Morgan fingerprint density at radius 1 is 1.19 bits per heavy atom. The number of nitrogens with one attached hydrogen (secondary N) is 1. The lowest BCUT2D eigenvalue weighted by atomic mass is 10.2. The summed E-state index contributed by atoms with van der Waals surface area (Å²) in [6, 6.07) is 10.9. The number of thiocarbonyl (C=S) groups is 1. The Balaban J connectivity index is 2.43. The number of rotatable bonds is 4. The fourth-order valence-electron chi connectivity index (χ4n) is 1.63. The minimum atomic E-state index is -3.75. The van der Waals surface area contributed by atoms with Crippen molar-refractivity contribution in [1.82, 2.24) is 0 Å². The van der Waals surface area contributed by atoms with E-state index in [9.17, 15) is 8.42 Å². The number of sulfonamides is 1. The van der Waals surface area contributed by atoms with Crippen LogP contribution in [0.25, 0.3) is 0 Å². The van der Waals surface area contributed by atoms with Gasteiger partial charge in [0.25, 0.3) is 10.0 Å². The van der Waals surface area contributed by atoms with E-state index in [1.165, 1.54) is 18.2 Å². The molecule has 0 fully saturated rings. The molecule has 21 heavy (non-hydrogen) atoms. The van der Waals surface area contributed by atoms with Crippen LogP contribution in [0.1, 0.15) is 5.56 Å². The first kappa shape index (κ1) is 16.2. The van der Waals surface area contributed by atoms with Crippen molar-refractivity contribution >= 4 is 60.4 Å². The molecule has 0 bridgehead atoms. The van der Waals surface area contributed by atoms with Crippen LogP contribution in [-0.2, 0) is 10.0 Å². The van der Waals surface area contributed by atoms with Gasteiger partial charge in [-0.2, -0.15) is 0 Å². The van der Waals surface area contributed by atoms with Gasteiger partial charge in [0, 0.05) is 15.1 Å². The molecule has 0 aliphatic heterocycles. The smallest absolute Gasteiger partial charge is 0.261 e. The number of nitrogens with two attached hydrogens (primary N) is 1. The Kier molecular flexibility index (Phi) is 4.88. The fourth-order valence-corrected chi connectivity index (χ4v) is 3.32. The van der Waals surface area contributed by atoms with E-state index in [-0.39, 0.29) is 15.6 Å². The number of benzene rings is 2. The first-order chi connectivity index (χ1) is 9.79. The lowest BCUT2D eigenvalue weighted by Gasteiger charge is -2.12. The predicted molar refractivity (Wildman–Crippen MR) is 92.3 cm³/mol. The number of hydrogen-bond donors (Lipinski definition) is 2. The summed E-state index contributed by atoms with van der Waals surface area (Å²) in [7, 11) is -3.75. The molecule has 3 N–H and O–H groups in total. The number of anilines is 1. The summed E-state index contributed by atoms with van der Waals surface area (Å²) >= 11 is 14.1. The van der Waals surface area contributed by atoms with Crippen molar-refractivity contribution in [2.45, 2.75) is 4.90 Å². The molecule has 0 saturated heterocycles. The SMILES string of the molecule is NC(=S)c1ccc(Cl)cc1NS(=O)(=O)c1ccc(Br)cc1. The average Bonchev–Trinajstić information content (AvgIpc) is 2.38. The third-order valence-corrected chi connectivity index (χ3v) is 4.98. The summed E-state index contributed by atoms with van der Waals surface area (Å²) in [4.78, 5) is 0.208. The summed E-state index contributed by atoms with van der Waals surface area (Å²) in [5, 5.41) is 0.378. The first-order valence-electron chi connectivity index (χ1n) is 5.67. The van der Waals surface area contributed by atoms with Gasteiger partial charge in [0.1, 0.15) is 4.99 Å². The van der Waals surface area contributed by atoms with Gasteiger partial charge in [0.2, 0.25) is 0 Å². The fraction of sp³-hybridized carbons (Fsp3) is 0. The van der Waals surface area contributed by atoms with E-state index in [1.54, 1.807) is 24.3 Å². The topological polar surface area (TPSA) is 72.2 Å². The maximum Gasteiger partial charge on any atom is 0.261 e. The van der Waals surface area contributed by atoms with Crippen LogP contribution in [0.5, 0.6) is 0 Å². The standard InChI is InChI=1S/C13H10BrClN2O2S2/c14-8-1-4-10(5-2-8)21(18,19)17-12-7-9(15)3-6-11(12)13(16)20/h1-7,17H,(H2,16,20). The van der Waals surface area contributed by atoms with Crippen LogP contribution in [-0.4, -0.2) is 13.4 Å². The predicted octanol–water partition coefficient (Wildman–Crippen LogP) is 3.54. The minimum absolute atomic E-state index is 0.0835. The van der Waals surface area contributed by atoms with Gasteiger partial charge in [-0.3, -0.25) is 4.72 Å². The van der Waals surface area contributed by atoms with Crippen molar-refractivity contribution in [3.05, 3.63) is 57.5 Å². The number of halogens is 2. The molecule has 0 saturated carbocycles. The first-order valence-corrected chi connectivity index (χ1v) is 8.73. The second-order valence-corrected chi connectivity index (χ2v) is 7.59. The third kappa shape index (κ3) is 3.94. The Labute approximate surface area is 141 Å². The summed E-state index contributed by atoms with van der Waals surface area (Å²) in [5.41, 5.74) is 6.25. The summed E-state index contributed by atoms with van der Waals surface area (Å²) < 4.78 is 27.9. The van der Waals surface area contributed by atoms with Gasteiger partial charge in [-0.15, -0.1) is 0 Å². The highest BCUT2D eigenvalue weighted by Gasteiger charge is 2.17. The highest BCUT2D eigenvalue weighted by molar-refractivity contribution is 9.10. The molecule has 2 rings (SSSR count). The molecule has 0 amide bonds. The normalized spacial score (nSPS) is 11.1. The van der Waals surface area contributed by atoms with E-state index in [2.05, 4.69) is 20.7 Å². The lowest BCUT2D eigenvalue weighted by Crippen LogP contribution is -2.18. The van der Waals surface area contributed by atoms with E-state index in [1.807, 2.05) is 0 Å². The van der Waals surface area contributed by atoms with Crippen LogP contribution in [0.2, 0.25) is 5.02 Å². The maximum absolute atomic E-state index is 12.3. The minimum Gasteiger partial charge on any atom is -0.389 e. The summed E-state index contributed by atoms with van der Waals surface area (Å²) in [6.45, 7) is 0. The van der Waals surface area contributed by atoms with Crippen molar-refractivity contribution < 1.29 is 8.42 Å². The molecule has 2 aromatic carbocycles. The Morgan fingerprint density at radius 3 is 2.38 bits per heavy atom. The van der Waals surface area contributed by atoms with Gasteiger partial charge in [-0.05, 0) is 42.5 Å². The average molecular weight is 406 g/mol. The molecule has 0 atom stereocenters. The van der Waals surface area contributed by atoms with Crippen molar-refractivity contribution in [3.8, 4) is 0 Å². The molecule has 110 valence electrons. The maximum atomic E-state index is 12.3. The molecule has 4 nitrogen and oxygen atoms in total. The summed E-state index contributed by atoms with van der Waals surface area (Å²) in [5.74, 6) is 0. The van der Waals surface area contributed by atoms with Crippen LogP contribution < -0.4 is 10.5 Å². The summed E-state index contributed by atoms with van der Waals surface area (Å²) in [6.07, 6.45) is 0. The Bertz CT molecular complexity index is 792. The number of hydrogen-bond acceptors (Lipinski definition) is 3. The highest BCUT2D eigenvalue weighted by atomic mass is 79.9. The zero-order valence-corrected chi connectivity index (χ0v) is 14.5. The van der Waals surface area contributed by atoms with E-state index < -0.39 is 10.0 Å². The van der Waals surface area contributed by atoms with Crippen molar-refractivity contribution in [1.29, 1.82) is 0 Å². The second kappa shape index (κ2) is 6.31. The van der Waals surface area contributed by atoms with Gasteiger partial charge in [0.15, 0.2) is 0 Å². The molecular weight excluding hydrogens is 396 g/mol. The van der Waals surface area contributed by atoms with Gasteiger partial charge >= 0.3 is 0 Å². The van der Waals surface area contributed by atoms with Gasteiger partial charge in [-0.25, -0.2) is 8.42 Å². The van der Waals surface area contributed by atoms with Crippen molar-refractivity contribution in [2.24, 2.45) is 5.73 Å². The molecule has 0 aromatic heterocycles. The van der Waals surface area contributed by atoms with Gasteiger partial charge in [-0.1, -0.05) is 39.7 Å². The Hall–Kier alpha value is -1.15. The molecule has 0 aliphatic carbocycles.